The van der Waals surface area contributed by atoms with Crippen molar-refractivity contribution in [1.82, 2.24) is 0 Å². The summed E-state index contributed by atoms with van der Waals surface area (Å²) in [6.45, 7) is 1.93. The maximum atomic E-state index is 7.57. The van der Waals surface area contributed by atoms with Crippen LogP contribution in [0.5, 0.6) is 0 Å². The molecule has 32 valence electrons. The van der Waals surface area contributed by atoms with Gasteiger partial charge in [-0.2, -0.15) is 0 Å². The average molecular weight is 414 g/mol. The molecular weight excluding hydrogens is 408 g/mol. The Bertz CT molecular complexity index is 7.61. The fourth-order valence-electron chi connectivity index (χ4n) is 0. The van der Waals surface area contributed by atoms with E-state index in [1.807, 2.05) is 0 Å². The van der Waals surface area contributed by atoms with E-state index < -0.39 is 0 Å². The van der Waals surface area contributed by atoms with Crippen molar-refractivity contribution >= 4 is 0 Å². The van der Waals surface area contributed by atoms with Crippen molar-refractivity contribution in [3.8, 4) is 0 Å². The van der Waals surface area contributed by atoms with Gasteiger partial charge in [0.25, 0.3) is 0 Å². The maximum absolute atomic E-state index is 7.57. The zero-order chi connectivity index (χ0) is 2.71. The summed E-state index contributed by atoms with van der Waals surface area (Å²) in [7, 11) is 0. The molecule has 0 saturated heterocycles. The fourth-order valence-corrected chi connectivity index (χ4v) is 0. The molecular formula is C2H6OW2. The molecule has 0 aliphatic rings. The third-order valence-corrected chi connectivity index (χ3v) is 0. The van der Waals surface area contributed by atoms with Crippen molar-refractivity contribution in [2.45, 2.75) is 6.92 Å². The zero-order valence-electron chi connectivity index (χ0n) is 2.97. The van der Waals surface area contributed by atoms with E-state index >= 15 is 0 Å². The second-order valence-electron chi connectivity index (χ2n) is 0.316. The van der Waals surface area contributed by atoms with Crippen molar-refractivity contribution in [3.05, 3.63) is 0 Å². The van der Waals surface area contributed by atoms with Crippen LogP contribution in [0.25, 0.3) is 0 Å². The molecule has 0 aliphatic heterocycles. The summed E-state index contributed by atoms with van der Waals surface area (Å²) < 4.78 is 0. The van der Waals surface area contributed by atoms with Gasteiger partial charge in [-0.05, 0) is 6.92 Å². The van der Waals surface area contributed by atoms with Crippen LogP contribution < -0.4 is 0 Å². The van der Waals surface area contributed by atoms with E-state index in [0.29, 0.717) is 0 Å². The number of aliphatic hydroxyl groups is 1. The summed E-state index contributed by atoms with van der Waals surface area (Å²) in [6.07, 6.45) is 0. The van der Waals surface area contributed by atoms with Crippen LogP contribution in [0.2, 0.25) is 0 Å². The predicted molar refractivity (Wildman–Crippen MR) is 12.8 cm³/mol. The number of rotatable bonds is 0. The van der Waals surface area contributed by atoms with Gasteiger partial charge in [-0.15, -0.1) is 0 Å². The van der Waals surface area contributed by atoms with E-state index in [2.05, 4.69) is 0 Å². The minimum Gasteiger partial charge on any atom is -0.397 e. The second kappa shape index (κ2) is 18.4. The number of hydrogen-bond donors (Lipinski definition) is 1. The first kappa shape index (κ1) is 16.2. The largest absolute Gasteiger partial charge is 0.397 e. The van der Waals surface area contributed by atoms with Crippen LogP contribution in [0.4, 0.5) is 0 Å². The molecule has 0 fully saturated rings. The molecule has 3 heteroatoms. The molecule has 0 unspecified atom stereocenters. The van der Waals surface area contributed by atoms with Crippen molar-refractivity contribution in [1.29, 1.82) is 0 Å². The van der Waals surface area contributed by atoms with E-state index in [4.69, 9.17) is 5.11 Å². The van der Waals surface area contributed by atoms with Gasteiger partial charge in [-0.25, -0.2) is 0 Å². The van der Waals surface area contributed by atoms with Crippen LogP contribution in [-0.4, -0.2) is 11.7 Å². The number of hydrogen-bond acceptors (Lipinski definition) is 1. The molecule has 0 aliphatic carbocycles. The Kier molecular flexibility index (Phi) is 59.6. The minimum atomic E-state index is 0. The van der Waals surface area contributed by atoms with E-state index in [9.17, 15) is 0 Å². The van der Waals surface area contributed by atoms with Gasteiger partial charge in [0.15, 0.2) is 0 Å². The molecule has 1 N–H and O–H groups in total. The van der Waals surface area contributed by atoms with Crippen LogP contribution in [-0.2, 0) is 42.1 Å². The first-order valence-corrected chi connectivity index (χ1v) is 1.02. The smallest absolute Gasteiger partial charge is 0.0402 e. The Morgan fingerprint density at radius 3 is 1.40 bits per heavy atom. The Balaban J connectivity index is -0.0000000200. The van der Waals surface area contributed by atoms with E-state index in [1.54, 1.807) is 6.92 Å². The van der Waals surface area contributed by atoms with Gasteiger partial charge >= 0.3 is 0 Å². The Hall–Kier alpha value is 1.34. The topological polar surface area (TPSA) is 20.2 Å². The summed E-state index contributed by atoms with van der Waals surface area (Å²) in [4.78, 5) is 0. The van der Waals surface area contributed by atoms with Crippen LogP contribution in [0, 0.1) is 0 Å². The molecule has 0 saturated carbocycles. The SMILES string of the molecule is CCO.[W].[W]. The Morgan fingerprint density at radius 2 is 1.40 bits per heavy atom. The second-order valence-corrected chi connectivity index (χ2v) is 0.316. The van der Waals surface area contributed by atoms with Crippen LogP contribution in [0.3, 0.4) is 0 Å². The van der Waals surface area contributed by atoms with Gasteiger partial charge in [0, 0.05) is 48.7 Å². The van der Waals surface area contributed by atoms with Gasteiger partial charge in [-0.3, -0.25) is 0 Å². The first-order chi connectivity index (χ1) is 1.41. The summed E-state index contributed by atoms with van der Waals surface area (Å²) in [5, 5.41) is 7.57. The van der Waals surface area contributed by atoms with Crippen molar-refractivity contribution in [2.24, 2.45) is 0 Å². The van der Waals surface area contributed by atoms with Crippen molar-refractivity contribution < 1.29 is 47.2 Å². The van der Waals surface area contributed by atoms with Crippen LogP contribution in [0.1, 0.15) is 6.92 Å². The van der Waals surface area contributed by atoms with Crippen LogP contribution in [0.15, 0.2) is 0 Å². The molecule has 0 bridgehead atoms. The molecule has 0 spiro atoms. The van der Waals surface area contributed by atoms with Gasteiger partial charge in [0.1, 0.15) is 0 Å². The maximum Gasteiger partial charge on any atom is 0.0402 e. The van der Waals surface area contributed by atoms with Gasteiger partial charge < -0.3 is 5.11 Å². The van der Waals surface area contributed by atoms with Crippen molar-refractivity contribution in [2.75, 3.05) is 6.61 Å². The summed E-state index contributed by atoms with van der Waals surface area (Å²) in [5.41, 5.74) is 0. The fraction of sp³-hybridized carbons (Fsp3) is 1.00. The third-order valence-electron chi connectivity index (χ3n) is 0. The predicted octanol–water partition coefficient (Wildman–Crippen LogP) is -0.00640. The summed E-state index contributed by atoms with van der Waals surface area (Å²) >= 11 is 0. The van der Waals surface area contributed by atoms with Crippen molar-refractivity contribution in [3.63, 3.8) is 0 Å². The Labute approximate surface area is 60.7 Å². The van der Waals surface area contributed by atoms with E-state index in [-0.39, 0.29) is 48.7 Å². The zero-order valence-corrected chi connectivity index (χ0v) is 8.84. The number of aliphatic hydroxyl groups excluding tert-OH is 1. The Morgan fingerprint density at radius 1 is 1.40 bits per heavy atom. The minimum absolute atomic E-state index is 0. The monoisotopic (exact) mass is 414 g/mol. The van der Waals surface area contributed by atoms with Gasteiger partial charge in [0.2, 0.25) is 0 Å². The molecule has 0 atom stereocenters. The van der Waals surface area contributed by atoms with E-state index in [0.717, 1.165) is 0 Å². The first-order valence-electron chi connectivity index (χ1n) is 1.02. The molecule has 0 aromatic carbocycles. The molecule has 0 amide bonds. The molecule has 0 radical (unpaired) electrons. The summed E-state index contributed by atoms with van der Waals surface area (Å²) in [5.74, 6) is 0. The quantitative estimate of drug-likeness (QED) is 0.592. The third kappa shape index (κ3) is 33.3. The van der Waals surface area contributed by atoms with E-state index in [1.165, 1.54) is 0 Å². The molecule has 1 nitrogen and oxygen atoms in total. The molecule has 0 aromatic rings. The average Bonchev–Trinajstić information content (AvgIpc) is 0.918. The van der Waals surface area contributed by atoms with Gasteiger partial charge in [0.05, 0.1) is 0 Å². The molecule has 5 heavy (non-hydrogen) atoms. The molecule has 0 heterocycles. The molecule has 0 rings (SSSR count). The normalized spacial score (nSPS) is 3.60. The summed E-state index contributed by atoms with van der Waals surface area (Å²) in [6, 6.07) is 0. The standard InChI is InChI=1S/C2H6O.2W/c1-2-3;;/h3H,2H2,1H3;;. The molecule has 0 aromatic heterocycles. The van der Waals surface area contributed by atoms with Crippen LogP contribution >= 0.6 is 0 Å². The van der Waals surface area contributed by atoms with Gasteiger partial charge in [-0.1, -0.05) is 0 Å².